The minimum absolute atomic E-state index is 0.184. The van der Waals surface area contributed by atoms with Gasteiger partial charge in [0, 0.05) is 24.8 Å². The lowest BCUT2D eigenvalue weighted by molar-refractivity contribution is -0.0277. The average Bonchev–Trinajstić information content (AvgIpc) is 2.30. The van der Waals surface area contributed by atoms with Gasteiger partial charge in [0.25, 0.3) is 0 Å². The number of hydrogen-bond donors (Lipinski definition) is 1. The molecule has 1 atom stereocenters. The van der Waals surface area contributed by atoms with E-state index >= 15 is 0 Å². The van der Waals surface area contributed by atoms with Crippen LogP contribution in [0, 0.1) is 12.7 Å². The molecular weight excluding hydrogens is 243 g/mol. The summed E-state index contributed by atoms with van der Waals surface area (Å²) in [6, 6.07) is 3.28. The highest BCUT2D eigenvalue weighted by Crippen LogP contribution is 2.31. The molecule has 1 aliphatic rings. The van der Waals surface area contributed by atoms with Gasteiger partial charge in [-0.15, -0.1) is 0 Å². The number of morpholine rings is 1. The summed E-state index contributed by atoms with van der Waals surface area (Å²) in [7, 11) is 0. The van der Waals surface area contributed by atoms with Crippen LogP contribution in [0.5, 0.6) is 0 Å². The third kappa shape index (κ3) is 3.07. The van der Waals surface area contributed by atoms with E-state index in [1.54, 1.807) is 13.0 Å². The van der Waals surface area contributed by atoms with Gasteiger partial charge in [-0.05, 0) is 51.0 Å². The van der Waals surface area contributed by atoms with Crippen molar-refractivity contribution < 1.29 is 9.13 Å². The highest BCUT2D eigenvalue weighted by Gasteiger charge is 2.29. The number of anilines is 1. The monoisotopic (exact) mass is 266 g/mol. The van der Waals surface area contributed by atoms with Crippen molar-refractivity contribution in [1.29, 1.82) is 0 Å². The molecule has 0 saturated carbocycles. The Kier molecular flexibility index (Phi) is 3.83. The molecule has 0 bridgehead atoms. The molecule has 0 amide bonds. The number of benzene rings is 1. The van der Waals surface area contributed by atoms with Crippen LogP contribution < -0.4 is 10.6 Å². The Bertz CT molecular complexity index is 471. The molecule has 0 aliphatic carbocycles. The van der Waals surface area contributed by atoms with E-state index in [1.165, 1.54) is 0 Å². The molecule has 2 N–H and O–H groups in total. The molecule has 3 nitrogen and oxygen atoms in total. The van der Waals surface area contributed by atoms with Gasteiger partial charge in [0.15, 0.2) is 0 Å². The summed E-state index contributed by atoms with van der Waals surface area (Å²) >= 11 is 0. The maximum atomic E-state index is 13.7. The molecule has 1 aliphatic heterocycles. The van der Waals surface area contributed by atoms with Crippen LogP contribution in [0.25, 0.3) is 0 Å². The molecule has 106 valence electrons. The number of aryl methyl sites for hydroxylation is 1. The van der Waals surface area contributed by atoms with E-state index in [2.05, 4.69) is 18.7 Å². The molecule has 1 saturated heterocycles. The van der Waals surface area contributed by atoms with Gasteiger partial charge < -0.3 is 15.4 Å². The summed E-state index contributed by atoms with van der Waals surface area (Å²) < 4.78 is 19.5. The first kappa shape index (κ1) is 14.3. The predicted octanol–water partition coefficient (Wildman–Crippen LogP) is 2.77. The molecule has 0 aromatic heterocycles. The molecule has 0 spiro atoms. The minimum atomic E-state index is -0.191. The van der Waals surface area contributed by atoms with Crippen molar-refractivity contribution in [3.05, 3.63) is 29.1 Å². The topological polar surface area (TPSA) is 38.5 Å². The first-order chi connectivity index (χ1) is 8.80. The van der Waals surface area contributed by atoms with E-state index in [0.29, 0.717) is 12.2 Å². The van der Waals surface area contributed by atoms with Crippen LogP contribution in [-0.4, -0.2) is 25.3 Å². The Hall–Kier alpha value is -1.13. The fourth-order valence-corrected chi connectivity index (χ4v) is 2.54. The van der Waals surface area contributed by atoms with Crippen LogP contribution in [0.2, 0.25) is 0 Å². The molecule has 19 heavy (non-hydrogen) atoms. The number of hydrogen-bond acceptors (Lipinski definition) is 3. The highest BCUT2D eigenvalue weighted by atomic mass is 19.1. The second kappa shape index (κ2) is 5.10. The Balaban J connectivity index is 2.40. The fraction of sp³-hybridized carbons (Fsp3) is 0.600. The summed E-state index contributed by atoms with van der Waals surface area (Å²) in [5.74, 6) is -0.191. The van der Waals surface area contributed by atoms with Crippen molar-refractivity contribution >= 4 is 5.69 Å². The lowest BCUT2D eigenvalue weighted by Crippen LogP contribution is -2.48. The van der Waals surface area contributed by atoms with Crippen LogP contribution in [0.15, 0.2) is 12.1 Å². The molecule has 1 aromatic rings. The molecular formula is C15H23FN2O. The van der Waals surface area contributed by atoms with Crippen molar-refractivity contribution in [1.82, 2.24) is 0 Å². The van der Waals surface area contributed by atoms with Crippen molar-refractivity contribution in [2.75, 3.05) is 24.6 Å². The SMILES string of the molecule is Cc1cc(N2CCOC(C)(C)C2)c([C@H](C)N)cc1F. The van der Waals surface area contributed by atoms with Gasteiger partial charge in [0.05, 0.1) is 12.2 Å². The highest BCUT2D eigenvalue weighted by molar-refractivity contribution is 5.57. The molecule has 2 rings (SSSR count). The zero-order chi connectivity index (χ0) is 14.2. The maximum absolute atomic E-state index is 13.7. The van der Waals surface area contributed by atoms with Gasteiger partial charge in [-0.1, -0.05) is 0 Å². The Morgan fingerprint density at radius 2 is 2.11 bits per heavy atom. The average molecular weight is 266 g/mol. The first-order valence-corrected chi connectivity index (χ1v) is 6.75. The zero-order valence-corrected chi connectivity index (χ0v) is 12.2. The van der Waals surface area contributed by atoms with Crippen molar-refractivity contribution in [2.45, 2.75) is 39.3 Å². The smallest absolute Gasteiger partial charge is 0.126 e. The standard InChI is InChI=1S/C15H23FN2O/c1-10-7-14(12(11(2)17)8-13(10)16)18-5-6-19-15(3,4)9-18/h7-8,11H,5-6,9,17H2,1-4H3/t11-/m0/s1. The lowest BCUT2D eigenvalue weighted by atomic mass is 10.00. The van der Waals surface area contributed by atoms with Crippen LogP contribution in [0.4, 0.5) is 10.1 Å². The van der Waals surface area contributed by atoms with Crippen molar-refractivity contribution in [3.8, 4) is 0 Å². The van der Waals surface area contributed by atoms with E-state index in [-0.39, 0.29) is 17.5 Å². The number of halogens is 1. The first-order valence-electron chi connectivity index (χ1n) is 6.75. The van der Waals surface area contributed by atoms with Crippen LogP contribution >= 0.6 is 0 Å². The second-order valence-corrected chi connectivity index (χ2v) is 5.98. The summed E-state index contributed by atoms with van der Waals surface area (Å²) in [6.07, 6.45) is 0. The van der Waals surface area contributed by atoms with E-state index in [1.807, 2.05) is 13.0 Å². The summed E-state index contributed by atoms with van der Waals surface area (Å²) in [5.41, 5.74) is 8.35. The molecule has 4 heteroatoms. The van der Waals surface area contributed by atoms with Crippen molar-refractivity contribution in [3.63, 3.8) is 0 Å². The molecule has 1 aromatic carbocycles. The Morgan fingerprint density at radius 3 is 2.68 bits per heavy atom. The van der Waals surface area contributed by atoms with E-state index in [0.717, 1.165) is 24.3 Å². The third-order valence-corrected chi connectivity index (χ3v) is 3.56. The largest absolute Gasteiger partial charge is 0.372 e. The third-order valence-electron chi connectivity index (χ3n) is 3.56. The van der Waals surface area contributed by atoms with E-state index in [9.17, 15) is 4.39 Å². The number of nitrogens with zero attached hydrogens (tertiary/aromatic N) is 1. The van der Waals surface area contributed by atoms with Gasteiger partial charge in [-0.2, -0.15) is 0 Å². The van der Waals surface area contributed by atoms with Crippen molar-refractivity contribution in [2.24, 2.45) is 5.73 Å². The lowest BCUT2D eigenvalue weighted by Gasteiger charge is -2.40. The molecule has 0 unspecified atom stereocenters. The van der Waals surface area contributed by atoms with Gasteiger partial charge in [-0.25, -0.2) is 4.39 Å². The maximum Gasteiger partial charge on any atom is 0.126 e. The van der Waals surface area contributed by atoms with E-state index in [4.69, 9.17) is 10.5 Å². The van der Waals surface area contributed by atoms with Gasteiger partial charge in [0.1, 0.15) is 5.82 Å². The van der Waals surface area contributed by atoms with E-state index < -0.39 is 0 Å². The molecule has 0 radical (unpaired) electrons. The minimum Gasteiger partial charge on any atom is -0.372 e. The Morgan fingerprint density at radius 1 is 1.42 bits per heavy atom. The predicted molar refractivity (Wildman–Crippen MR) is 76.0 cm³/mol. The number of nitrogens with two attached hydrogens (primary N) is 1. The van der Waals surface area contributed by atoms with Gasteiger partial charge in [0.2, 0.25) is 0 Å². The van der Waals surface area contributed by atoms with Gasteiger partial charge >= 0.3 is 0 Å². The number of rotatable bonds is 2. The Labute approximate surface area is 114 Å². The number of ether oxygens (including phenoxy) is 1. The summed E-state index contributed by atoms with van der Waals surface area (Å²) in [5, 5.41) is 0. The molecule has 1 heterocycles. The fourth-order valence-electron chi connectivity index (χ4n) is 2.54. The van der Waals surface area contributed by atoms with Gasteiger partial charge in [-0.3, -0.25) is 0 Å². The van der Waals surface area contributed by atoms with Crippen LogP contribution in [0.1, 0.15) is 37.9 Å². The van der Waals surface area contributed by atoms with Crippen LogP contribution in [0.3, 0.4) is 0 Å². The zero-order valence-electron chi connectivity index (χ0n) is 12.2. The molecule has 1 fully saturated rings. The normalized spacial score (nSPS) is 20.4. The second-order valence-electron chi connectivity index (χ2n) is 5.98. The summed E-state index contributed by atoms with van der Waals surface area (Å²) in [4.78, 5) is 2.24. The summed E-state index contributed by atoms with van der Waals surface area (Å²) in [6.45, 7) is 10.1. The quantitative estimate of drug-likeness (QED) is 0.894. The van der Waals surface area contributed by atoms with Crippen LogP contribution in [-0.2, 0) is 4.74 Å².